The van der Waals surface area contributed by atoms with Gasteiger partial charge in [-0.05, 0) is 24.1 Å². The smallest absolute Gasteiger partial charge is 0.273 e. The lowest BCUT2D eigenvalue weighted by Crippen LogP contribution is -2.41. The van der Waals surface area contributed by atoms with Crippen LogP contribution in [-0.2, 0) is 17.6 Å². The van der Waals surface area contributed by atoms with Crippen molar-refractivity contribution < 1.29 is 13.9 Å². The van der Waals surface area contributed by atoms with E-state index in [0.29, 0.717) is 31.1 Å². The molecule has 0 aliphatic carbocycles. The van der Waals surface area contributed by atoms with Crippen LogP contribution in [0.3, 0.4) is 0 Å². The van der Waals surface area contributed by atoms with Crippen molar-refractivity contribution in [2.45, 2.75) is 25.8 Å². The Kier molecular flexibility index (Phi) is 4.48. The number of hydrogen-bond acceptors (Lipinski definition) is 5. The monoisotopic (exact) mass is 301 g/mol. The molecule has 0 bridgehead atoms. The van der Waals surface area contributed by atoms with Gasteiger partial charge in [0.25, 0.3) is 5.91 Å². The van der Waals surface area contributed by atoms with Gasteiger partial charge in [-0.25, -0.2) is 4.98 Å². The molecule has 1 N–H and O–H groups in total. The summed E-state index contributed by atoms with van der Waals surface area (Å²) in [5.41, 5.74) is 1.57. The minimum absolute atomic E-state index is 0.0120. The van der Waals surface area contributed by atoms with Crippen LogP contribution >= 0.6 is 0 Å². The van der Waals surface area contributed by atoms with Crippen molar-refractivity contribution in [2.24, 2.45) is 5.92 Å². The molecule has 1 saturated heterocycles. The Balaban J connectivity index is 1.65. The van der Waals surface area contributed by atoms with E-state index in [0.717, 1.165) is 6.42 Å². The fraction of sp³-hybridized carbons (Fsp3) is 0.438. The zero-order valence-corrected chi connectivity index (χ0v) is 12.5. The molecule has 0 saturated carbocycles. The van der Waals surface area contributed by atoms with Crippen LogP contribution in [0.2, 0.25) is 0 Å². The number of ether oxygens (including phenoxy) is 1. The van der Waals surface area contributed by atoms with E-state index in [1.807, 2.05) is 19.1 Å². The van der Waals surface area contributed by atoms with Crippen LogP contribution in [0.1, 0.15) is 28.7 Å². The highest BCUT2D eigenvalue weighted by atomic mass is 16.5. The minimum atomic E-state index is -0.194. The number of pyridine rings is 1. The van der Waals surface area contributed by atoms with Gasteiger partial charge >= 0.3 is 0 Å². The number of oxazole rings is 1. The Hall–Kier alpha value is -2.21. The highest BCUT2D eigenvalue weighted by Crippen LogP contribution is 2.19. The maximum Gasteiger partial charge on any atom is 0.273 e. The van der Waals surface area contributed by atoms with Gasteiger partial charge in [-0.15, -0.1) is 0 Å². The molecule has 0 radical (unpaired) electrons. The summed E-state index contributed by atoms with van der Waals surface area (Å²) in [5, 5.41) is 3.02. The van der Waals surface area contributed by atoms with Gasteiger partial charge < -0.3 is 14.5 Å². The Labute approximate surface area is 128 Å². The standard InChI is InChI=1S/C16H19N3O3/c1-2-14-15(18-10-22-14)16(20)19-13-9-21-8-12(13)7-11-3-5-17-6-4-11/h3-6,10,12-13H,2,7-9H2,1H3,(H,19,20)/t12-,13-/m1/s1. The first-order chi connectivity index (χ1) is 10.8. The third-order valence-corrected chi connectivity index (χ3v) is 3.94. The second-order valence-electron chi connectivity index (χ2n) is 5.41. The molecule has 2 aromatic rings. The van der Waals surface area contributed by atoms with Crippen molar-refractivity contribution in [2.75, 3.05) is 13.2 Å². The number of amides is 1. The molecule has 0 spiro atoms. The van der Waals surface area contributed by atoms with Crippen LogP contribution < -0.4 is 5.32 Å². The lowest BCUT2D eigenvalue weighted by molar-refractivity contribution is 0.0918. The molecular weight excluding hydrogens is 282 g/mol. The van der Waals surface area contributed by atoms with Crippen molar-refractivity contribution in [3.8, 4) is 0 Å². The first-order valence-corrected chi connectivity index (χ1v) is 7.47. The number of carbonyl (C=O) groups excluding carboxylic acids is 1. The van der Waals surface area contributed by atoms with E-state index in [-0.39, 0.29) is 17.9 Å². The number of aryl methyl sites for hydroxylation is 1. The predicted molar refractivity (Wildman–Crippen MR) is 79.4 cm³/mol. The van der Waals surface area contributed by atoms with E-state index < -0.39 is 0 Å². The molecule has 116 valence electrons. The summed E-state index contributed by atoms with van der Waals surface area (Å²) in [7, 11) is 0. The molecule has 2 aromatic heterocycles. The summed E-state index contributed by atoms with van der Waals surface area (Å²) in [5.74, 6) is 0.672. The summed E-state index contributed by atoms with van der Waals surface area (Å²) in [4.78, 5) is 20.4. The van der Waals surface area contributed by atoms with Crippen molar-refractivity contribution >= 4 is 5.91 Å². The van der Waals surface area contributed by atoms with Crippen LogP contribution in [0.15, 0.2) is 35.3 Å². The highest BCUT2D eigenvalue weighted by molar-refractivity contribution is 5.93. The van der Waals surface area contributed by atoms with Crippen molar-refractivity contribution in [1.29, 1.82) is 0 Å². The molecule has 0 unspecified atom stereocenters. The predicted octanol–water partition coefficient (Wildman–Crippen LogP) is 1.62. The van der Waals surface area contributed by atoms with Crippen LogP contribution in [0.4, 0.5) is 0 Å². The zero-order valence-electron chi connectivity index (χ0n) is 12.5. The van der Waals surface area contributed by atoms with Gasteiger partial charge in [0.05, 0.1) is 19.3 Å². The summed E-state index contributed by atoms with van der Waals surface area (Å²) in [6.07, 6.45) is 6.37. The van der Waals surface area contributed by atoms with Crippen LogP contribution in [0.5, 0.6) is 0 Å². The molecule has 6 heteroatoms. The third-order valence-electron chi connectivity index (χ3n) is 3.94. The fourth-order valence-corrected chi connectivity index (χ4v) is 2.72. The molecule has 2 atom stereocenters. The van der Waals surface area contributed by atoms with Crippen molar-refractivity contribution in [3.63, 3.8) is 0 Å². The average Bonchev–Trinajstić information content (AvgIpc) is 3.18. The minimum Gasteiger partial charge on any atom is -0.448 e. The van der Waals surface area contributed by atoms with Gasteiger partial charge in [0.2, 0.25) is 0 Å². The van der Waals surface area contributed by atoms with E-state index in [1.54, 1.807) is 12.4 Å². The maximum absolute atomic E-state index is 12.3. The Bertz CT molecular complexity index is 627. The number of nitrogens with zero attached hydrogens (tertiary/aromatic N) is 2. The molecular formula is C16H19N3O3. The van der Waals surface area contributed by atoms with Crippen molar-refractivity contribution in [1.82, 2.24) is 15.3 Å². The SMILES string of the molecule is CCc1ocnc1C(=O)N[C@@H]1COC[C@H]1Cc1ccncc1. The second-order valence-corrected chi connectivity index (χ2v) is 5.41. The average molecular weight is 301 g/mol. The zero-order chi connectivity index (χ0) is 15.4. The van der Waals surface area contributed by atoms with Gasteiger partial charge in [-0.3, -0.25) is 9.78 Å². The molecule has 0 aromatic carbocycles. The molecule has 1 aliphatic rings. The third kappa shape index (κ3) is 3.17. The summed E-state index contributed by atoms with van der Waals surface area (Å²) in [6.45, 7) is 3.11. The lowest BCUT2D eigenvalue weighted by Gasteiger charge is -2.18. The van der Waals surface area contributed by atoms with E-state index in [1.165, 1.54) is 12.0 Å². The first-order valence-electron chi connectivity index (χ1n) is 7.47. The lowest BCUT2D eigenvalue weighted by atomic mass is 9.95. The normalized spacial score (nSPS) is 21.0. The second kappa shape index (κ2) is 6.70. The topological polar surface area (TPSA) is 77.2 Å². The van der Waals surface area contributed by atoms with Gasteiger partial charge in [-0.1, -0.05) is 6.92 Å². The van der Waals surface area contributed by atoms with Crippen molar-refractivity contribution in [3.05, 3.63) is 47.9 Å². The first kappa shape index (κ1) is 14.7. The van der Waals surface area contributed by atoms with E-state index >= 15 is 0 Å². The maximum atomic E-state index is 12.3. The summed E-state index contributed by atoms with van der Waals surface area (Å²) >= 11 is 0. The fourth-order valence-electron chi connectivity index (χ4n) is 2.72. The molecule has 1 aliphatic heterocycles. The van der Waals surface area contributed by atoms with Gasteiger partial charge in [0.1, 0.15) is 5.76 Å². The largest absolute Gasteiger partial charge is 0.448 e. The summed E-state index contributed by atoms with van der Waals surface area (Å²) in [6, 6.07) is 3.97. The molecule has 3 heterocycles. The number of hydrogen-bond donors (Lipinski definition) is 1. The molecule has 1 amide bonds. The number of aromatic nitrogens is 2. The highest BCUT2D eigenvalue weighted by Gasteiger charge is 2.31. The molecule has 6 nitrogen and oxygen atoms in total. The van der Waals surface area contributed by atoms with Gasteiger partial charge in [0.15, 0.2) is 12.1 Å². The number of nitrogens with one attached hydrogen (secondary N) is 1. The van der Waals surface area contributed by atoms with Gasteiger partial charge in [-0.2, -0.15) is 0 Å². The van der Waals surface area contributed by atoms with E-state index in [4.69, 9.17) is 9.15 Å². The van der Waals surface area contributed by atoms with Crippen LogP contribution in [0.25, 0.3) is 0 Å². The van der Waals surface area contributed by atoms with E-state index in [2.05, 4.69) is 15.3 Å². The summed E-state index contributed by atoms with van der Waals surface area (Å²) < 4.78 is 10.8. The number of carbonyl (C=O) groups is 1. The van der Waals surface area contributed by atoms with E-state index in [9.17, 15) is 4.79 Å². The Morgan fingerprint density at radius 1 is 1.36 bits per heavy atom. The quantitative estimate of drug-likeness (QED) is 0.908. The molecule has 22 heavy (non-hydrogen) atoms. The Morgan fingerprint density at radius 3 is 2.95 bits per heavy atom. The Morgan fingerprint density at radius 2 is 2.18 bits per heavy atom. The van der Waals surface area contributed by atoms with Crippen LogP contribution in [0, 0.1) is 5.92 Å². The number of rotatable bonds is 5. The molecule has 1 fully saturated rings. The van der Waals surface area contributed by atoms with Crippen LogP contribution in [-0.4, -0.2) is 35.1 Å². The van der Waals surface area contributed by atoms with Gasteiger partial charge in [0, 0.05) is 24.7 Å². The molecule has 3 rings (SSSR count).